The van der Waals surface area contributed by atoms with Crippen molar-refractivity contribution in [2.24, 2.45) is 10.7 Å². The molecule has 0 bridgehead atoms. The van der Waals surface area contributed by atoms with Crippen LogP contribution >= 0.6 is 0 Å². The van der Waals surface area contributed by atoms with E-state index in [1.807, 2.05) is 18.2 Å². The quantitative estimate of drug-likeness (QED) is 0.483. The van der Waals surface area contributed by atoms with Crippen LogP contribution in [0.4, 0.5) is 0 Å². The van der Waals surface area contributed by atoms with Gasteiger partial charge >= 0.3 is 0 Å². The summed E-state index contributed by atoms with van der Waals surface area (Å²) in [7, 11) is 3.28. The average molecular weight is 378 g/mol. The summed E-state index contributed by atoms with van der Waals surface area (Å²) in [5, 5.41) is 3.21. The van der Waals surface area contributed by atoms with Crippen LogP contribution in [0.3, 0.4) is 0 Å². The highest BCUT2D eigenvalue weighted by molar-refractivity contribution is 5.77. The van der Waals surface area contributed by atoms with Crippen molar-refractivity contribution >= 4 is 5.96 Å². The Balaban J connectivity index is 1.84. The van der Waals surface area contributed by atoms with Crippen LogP contribution in [0.2, 0.25) is 0 Å². The molecule has 27 heavy (non-hydrogen) atoms. The first kappa shape index (κ1) is 21.4. The fourth-order valence-corrected chi connectivity index (χ4v) is 3.52. The molecular formula is C21H35N3O3. The zero-order chi connectivity index (χ0) is 19.5. The van der Waals surface area contributed by atoms with Crippen LogP contribution in [0.25, 0.3) is 0 Å². The number of guanidine groups is 1. The molecule has 0 atom stereocenters. The molecular weight excluding hydrogens is 342 g/mol. The molecule has 0 spiro atoms. The van der Waals surface area contributed by atoms with Gasteiger partial charge in [0.05, 0.1) is 26.4 Å². The van der Waals surface area contributed by atoms with Gasteiger partial charge in [-0.2, -0.15) is 0 Å². The lowest BCUT2D eigenvalue weighted by Crippen LogP contribution is -2.41. The second-order valence-corrected chi connectivity index (χ2v) is 7.16. The molecule has 0 unspecified atom stereocenters. The van der Waals surface area contributed by atoms with E-state index >= 15 is 0 Å². The number of nitrogens with two attached hydrogens (primary N) is 1. The molecule has 0 radical (unpaired) electrons. The average Bonchev–Trinajstić information content (AvgIpc) is 2.71. The third-order valence-electron chi connectivity index (χ3n) is 5.08. The van der Waals surface area contributed by atoms with E-state index < -0.39 is 0 Å². The van der Waals surface area contributed by atoms with E-state index in [0.717, 1.165) is 49.4 Å². The summed E-state index contributed by atoms with van der Waals surface area (Å²) in [6.07, 6.45) is 7.74. The number of nitrogens with one attached hydrogen (secondary N) is 1. The van der Waals surface area contributed by atoms with Crippen molar-refractivity contribution in [2.45, 2.75) is 57.5 Å². The molecule has 0 aliphatic heterocycles. The SMILES string of the molecule is CCCOC1(CN=C(N)NCCc2ccc(OC)c(OC)c2)CCCCC1. The molecule has 0 saturated heterocycles. The Labute approximate surface area is 163 Å². The monoisotopic (exact) mass is 377 g/mol. The molecule has 0 heterocycles. The lowest BCUT2D eigenvalue weighted by molar-refractivity contribution is -0.0624. The molecule has 1 aliphatic carbocycles. The normalized spacial score (nSPS) is 16.8. The zero-order valence-corrected chi connectivity index (χ0v) is 17.1. The van der Waals surface area contributed by atoms with E-state index in [2.05, 4.69) is 17.2 Å². The summed E-state index contributed by atoms with van der Waals surface area (Å²) in [5.41, 5.74) is 7.12. The van der Waals surface area contributed by atoms with Crippen molar-refractivity contribution in [3.05, 3.63) is 23.8 Å². The summed E-state index contributed by atoms with van der Waals surface area (Å²) in [4.78, 5) is 4.58. The van der Waals surface area contributed by atoms with Crippen molar-refractivity contribution in [1.29, 1.82) is 0 Å². The Morgan fingerprint density at radius 1 is 1.15 bits per heavy atom. The molecule has 1 fully saturated rings. The van der Waals surface area contributed by atoms with E-state index in [4.69, 9.17) is 19.9 Å². The number of methoxy groups -OCH3 is 2. The van der Waals surface area contributed by atoms with Crippen LogP contribution in [0, 0.1) is 0 Å². The van der Waals surface area contributed by atoms with Crippen LogP contribution in [0.1, 0.15) is 51.0 Å². The van der Waals surface area contributed by atoms with Crippen molar-refractivity contribution in [3.63, 3.8) is 0 Å². The molecule has 6 nitrogen and oxygen atoms in total. The Kier molecular flexibility index (Phi) is 8.72. The minimum absolute atomic E-state index is 0.121. The highest BCUT2D eigenvalue weighted by atomic mass is 16.5. The maximum absolute atomic E-state index is 6.18. The lowest BCUT2D eigenvalue weighted by Gasteiger charge is -2.36. The number of hydrogen-bond donors (Lipinski definition) is 2. The predicted octanol–water partition coefficient (Wildman–Crippen LogP) is 3.28. The van der Waals surface area contributed by atoms with Crippen LogP contribution < -0.4 is 20.5 Å². The summed E-state index contributed by atoms with van der Waals surface area (Å²) in [6.45, 7) is 4.29. The first-order valence-corrected chi connectivity index (χ1v) is 10.0. The Bertz CT molecular complexity index is 598. The zero-order valence-electron chi connectivity index (χ0n) is 17.1. The predicted molar refractivity (Wildman–Crippen MR) is 110 cm³/mol. The highest BCUT2D eigenvalue weighted by Gasteiger charge is 2.32. The largest absolute Gasteiger partial charge is 0.493 e. The van der Waals surface area contributed by atoms with Crippen LogP contribution in [-0.4, -0.2) is 45.5 Å². The van der Waals surface area contributed by atoms with Crippen molar-refractivity contribution in [2.75, 3.05) is 33.9 Å². The van der Waals surface area contributed by atoms with E-state index in [0.29, 0.717) is 19.0 Å². The topological polar surface area (TPSA) is 78.1 Å². The van der Waals surface area contributed by atoms with Gasteiger partial charge in [-0.3, -0.25) is 4.99 Å². The van der Waals surface area contributed by atoms with E-state index in [1.54, 1.807) is 14.2 Å². The van der Waals surface area contributed by atoms with Gasteiger partial charge in [-0.05, 0) is 43.4 Å². The first-order chi connectivity index (χ1) is 13.1. The van der Waals surface area contributed by atoms with Gasteiger partial charge in [-0.15, -0.1) is 0 Å². The molecule has 0 amide bonds. The summed E-state index contributed by atoms with van der Waals surface area (Å²) in [5.74, 6) is 1.96. The molecule has 152 valence electrons. The third kappa shape index (κ3) is 6.61. The number of ether oxygens (including phenoxy) is 3. The second-order valence-electron chi connectivity index (χ2n) is 7.16. The minimum Gasteiger partial charge on any atom is -0.493 e. The Morgan fingerprint density at radius 2 is 1.89 bits per heavy atom. The Morgan fingerprint density at radius 3 is 2.56 bits per heavy atom. The summed E-state index contributed by atoms with van der Waals surface area (Å²) < 4.78 is 16.8. The molecule has 1 aromatic carbocycles. The highest BCUT2D eigenvalue weighted by Crippen LogP contribution is 2.32. The molecule has 0 aromatic heterocycles. The van der Waals surface area contributed by atoms with Crippen molar-refractivity contribution < 1.29 is 14.2 Å². The van der Waals surface area contributed by atoms with Gasteiger partial charge in [0.2, 0.25) is 0 Å². The first-order valence-electron chi connectivity index (χ1n) is 10.0. The third-order valence-corrected chi connectivity index (χ3v) is 5.08. The van der Waals surface area contributed by atoms with Crippen molar-refractivity contribution in [3.8, 4) is 11.5 Å². The summed E-state index contributed by atoms with van der Waals surface area (Å²) in [6, 6.07) is 5.94. The van der Waals surface area contributed by atoms with Gasteiger partial charge in [0.1, 0.15) is 0 Å². The van der Waals surface area contributed by atoms with Gasteiger partial charge in [0.25, 0.3) is 0 Å². The van der Waals surface area contributed by atoms with Crippen LogP contribution in [-0.2, 0) is 11.2 Å². The van der Waals surface area contributed by atoms with Gasteiger partial charge < -0.3 is 25.3 Å². The smallest absolute Gasteiger partial charge is 0.188 e. The molecule has 6 heteroatoms. The standard InChI is InChI=1S/C21H35N3O3/c1-4-14-27-21(11-6-5-7-12-21)16-24-20(22)23-13-10-17-8-9-18(25-2)19(15-17)26-3/h8-9,15H,4-7,10-14,16H2,1-3H3,(H3,22,23,24). The molecule has 3 N–H and O–H groups in total. The van der Waals surface area contributed by atoms with E-state index in [1.165, 1.54) is 19.3 Å². The minimum atomic E-state index is -0.121. The van der Waals surface area contributed by atoms with Gasteiger partial charge in [-0.1, -0.05) is 32.3 Å². The number of benzene rings is 1. The maximum Gasteiger partial charge on any atom is 0.188 e. The number of rotatable bonds is 10. The molecule has 1 saturated carbocycles. The number of nitrogens with zero attached hydrogens (tertiary/aromatic N) is 1. The van der Waals surface area contributed by atoms with E-state index in [9.17, 15) is 0 Å². The van der Waals surface area contributed by atoms with Gasteiger partial charge in [0, 0.05) is 13.2 Å². The molecule has 2 rings (SSSR count). The molecule has 1 aromatic rings. The molecule has 1 aliphatic rings. The maximum atomic E-state index is 6.18. The fraction of sp³-hybridized carbons (Fsp3) is 0.667. The van der Waals surface area contributed by atoms with Crippen LogP contribution in [0.15, 0.2) is 23.2 Å². The fourth-order valence-electron chi connectivity index (χ4n) is 3.52. The lowest BCUT2D eigenvalue weighted by atomic mass is 9.84. The summed E-state index contributed by atoms with van der Waals surface area (Å²) >= 11 is 0. The Hall–Kier alpha value is -1.95. The van der Waals surface area contributed by atoms with E-state index in [-0.39, 0.29) is 5.60 Å². The van der Waals surface area contributed by atoms with Crippen molar-refractivity contribution in [1.82, 2.24) is 5.32 Å². The van der Waals surface area contributed by atoms with Crippen LogP contribution in [0.5, 0.6) is 11.5 Å². The van der Waals surface area contributed by atoms with Gasteiger partial charge in [0.15, 0.2) is 17.5 Å². The second kappa shape index (κ2) is 11.0. The number of aliphatic imine (C=N–C) groups is 1. The van der Waals surface area contributed by atoms with Gasteiger partial charge in [-0.25, -0.2) is 0 Å². The number of hydrogen-bond acceptors (Lipinski definition) is 4.